The lowest BCUT2D eigenvalue weighted by molar-refractivity contribution is -0.137. The number of rotatable bonds is 8. The molecular formula is C18H22F3N3O2. The van der Waals surface area contributed by atoms with Crippen molar-refractivity contribution in [3.05, 3.63) is 36.0 Å². The Morgan fingerprint density at radius 2 is 1.85 bits per heavy atom. The van der Waals surface area contributed by atoms with Crippen molar-refractivity contribution >= 4 is 11.5 Å². The summed E-state index contributed by atoms with van der Waals surface area (Å²) in [5.74, 6) is 0.204. The average Bonchev–Trinajstić information content (AvgIpc) is 2.61. The van der Waals surface area contributed by atoms with Crippen LogP contribution in [0.2, 0.25) is 0 Å². The Labute approximate surface area is 150 Å². The first kappa shape index (κ1) is 19.8. The highest BCUT2D eigenvalue weighted by molar-refractivity contribution is 5.68. The summed E-state index contributed by atoms with van der Waals surface area (Å²) in [6.07, 6.45) is -2.04. The topological polar surface area (TPSA) is 47.5 Å². The van der Waals surface area contributed by atoms with E-state index in [0.29, 0.717) is 18.0 Å². The van der Waals surface area contributed by atoms with Crippen molar-refractivity contribution in [2.45, 2.75) is 32.9 Å². The quantitative estimate of drug-likeness (QED) is 0.623. The second-order valence-electron chi connectivity index (χ2n) is 5.55. The molecule has 8 heteroatoms. The molecule has 1 aromatic heterocycles. The van der Waals surface area contributed by atoms with Crippen LogP contribution in [0.4, 0.5) is 24.7 Å². The molecule has 0 fully saturated rings. The lowest BCUT2D eigenvalue weighted by Crippen LogP contribution is -2.20. The highest BCUT2D eigenvalue weighted by Gasteiger charge is 2.37. The van der Waals surface area contributed by atoms with Gasteiger partial charge in [0.15, 0.2) is 5.82 Å². The Hall–Kier alpha value is -2.51. The van der Waals surface area contributed by atoms with E-state index in [1.54, 1.807) is 31.2 Å². The number of hydrogen-bond acceptors (Lipinski definition) is 5. The van der Waals surface area contributed by atoms with Crippen LogP contribution in [-0.2, 0) is 6.18 Å². The fourth-order valence-electron chi connectivity index (χ4n) is 2.31. The molecular weight excluding hydrogens is 347 g/mol. The third-order valence-electron chi connectivity index (χ3n) is 3.63. The molecule has 0 aliphatic carbocycles. The fourth-order valence-corrected chi connectivity index (χ4v) is 2.31. The number of alkyl halides is 3. The molecule has 0 saturated heterocycles. The van der Waals surface area contributed by atoms with Crippen LogP contribution in [0.3, 0.4) is 0 Å². The number of ether oxygens (including phenoxy) is 2. The molecule has 0 N–H and O–H groups in total. The number of unbranched alkanes of at least 4 members (excludes halogenated alkanes) is 1. The standard InChI is InChI=1S/C18H22F3N3O2/c1-4-6-11-26-15-10-8-7-9-14(15)24(3)16-13(18(19,20)21)12-22-17(23-16)25-5-2/h7-10,12H,4-6,11H2,1-3H3. The normalized spacial score (nSPS) is 11.3. The van der Waals surface area contributed by atoms with Gasteiger partial charge in [0.25, 0.3) is 0 Å². The van der Waals surface area contributed by atoms with Gasteiger partial charge in [-0.25, -0.2) is 4.98 Å². The predicted octanol–water partition coefficient (Wildman–Crippen LogP) is 4.84. The number of halogens is 3. The molecule has 26 heavy (non-hydrogen) atoms. The van der Waals surface area contributed by atoms with Crippen LogP contribution in [0.1, 0.15) is 32.3 Å². The minimum Gasteiger partial charge on any atom is -0.491 e. The zero-order valence-electron chi connectivity index (χ0n) is 15.0. The number of para-hydroxylation sites is 2. The predicted molar refractivity (Wildman–Crippen MR) is 93.1 cm³/mol. The Morgan fingerprint density at radius 3 is 2.50 bits per heavy atom. The molecule has 1 heterocycles. The number of nitrogens with zero attached hydrogens (tertiary/aromatic N) is 3. The second kappa shape index (κ2) is 8.73. The number of anilines is 2. The lowest BCUT2D eigenvalue weighted by atomic mass is 10.2. The Kier molecular flexibility index (Phi) is 6.65. The Morgan fingerprint density at radius 1 is 1.12 bits per heavy atom. The average molecular weight is 369 g/mol. The summed E-state index contributed by atoms with van der Waals surface area (Å²) in [4.78, 5) is 8.94. The molecule has 1 aromatic carbocycles. The SMILES string of the molecule is CCCCOc1ccccc1N(C)c1nc(OCC)ncc1C(F)(F)F. The van der Waals surface area contributed by atoms with Crippen LogP contribution in [0.15, 0.2) is 30.5 Å². The minimum atomic E-state index is -4.59. The van der Waals surface area contributed by atoms with E-state index < -0.39 is 11.7 Å². The van der Waals surface area contributed by atoms with Crippen LogP contribution in [0.5, 0.6) is 11.8 Å². The van der Waals surface area contributed by atoms with Crippen molar-refractivity contribution in [2.75, 3.05) is 25.2 Å². The molecule has 0 aliphatic rings. The summed E-state index contributed by atoms with van der Waals surface area (Å²) >= 11 is 0. The van der Waals surface area contributed by atoms with Gasteiger partial charge in [-0.3, -0.25) is 0 Å². The molecule has 0 unspecified atom stereocenters. The van der Waals surface area contributed by atoms with Crippen molar-refractivity contribution in [1.29, 1.82) is 0 Å². The highest BCUT2D eigenvalue weighted by atomic mass is 19.4. The molecule has 5 nitrogen and oxygen atoms in total. The first-order valence-electron chi connectivity index (χ1n) is 8.41. The van der Waals surface area contributed by atoms with E-state index in [4.69, 9.17) is 9.47 Å². The van der Waals surface area contributed by atoms with Gasteiger partial charge in [-0.2, -0.15) is 18.2 Å². The molecule has 0 spiro atoms. The highest BCUT2D eigenvalue weighted by Crippen LogP contribution is 2.40. The summed E-state index contributed by atoms with van der Waals surface area (Å²) in [6, 6.07) is 6.81. The fraction of sp³-hybridized carbons (Fsp3) is 0.444. The maximum absolute atomic E-state index is 13.4. The number of hydrogen-bond donors (Lipinski definition) is 0. The minimum absolute atomic E-state index is 0.105. The molecule has 0 saturated carbocycles. The first-order chi connectivity index (χ1) is 12.4. The Balaban J connectivity index is 2.45. The third-order valence-corrected chi connectivity index (χ3v) is 3.63. The first-order valence-corrected chi connectivity index (χ1v) is 8.41. The van der Waals surface area contributed by atoms with Crippen molar-refractivity contribution in [3.8, 4) is 11.8 Å². The summed E-state index contributed by atoms with van der Waals surface area (Å²) in [6.45, 7) is 4.49. The van der Waals surface area contributed by atoms with Gasteiger partial charge in [0.1, 0.15) is 11.3 Å². The largest absolute Gasteiger partial charge is 0.491 e. The van der Waals surface area contributed by atoms with Gasteiger partial charge in [-0.15, -0.1) is 0 Å². The van der Waals surface area contributed by atoms with E-state index in [-0.39, 0.29) is 18.4 Å². The van der Waals surface area contributed by atoms with Gasteiger partial charge in [-0.1, -0.05) is 25.5 Å². The molecule has 0 bridgehead atoms. The maximum atomic E-state index is 13.4. The van der Waals surface area contributed by atoms with Crippen LogP contribution < -0.4 is 14.4 Å². The smallest absolute Gasteiger partial charge is 0.421 e. The van der Waals surface area contributed by atoms with E-state index in [2.05, 4.69) is 9.97 Å². The van der Waals surface area contributed by atoms with Gasteiger partial charge < -0.3 is 14.4 Å². The van der Waals surface area contributed by atoms with Gasteiger partial charge in [0.05, 0.1) is 18.9 Å². The summed E-state index contributed by atoms with van der Waals surface area (Å²) < 4.78 is 51.1. The van der Waals surface area contributed by atoms with E-state index in [1.165, 1.54) is 11.9 Å². The van der Waals surface area contributed by atoms with Gasteiger partial charge in [-0.05, 0) is 25.5 Å². The van der Waals surface area contributed by atoms with Crippen molar-refractivity contribution in [1.82, 2.24) is 9.97 Å². The van der Waals surface area contributed by atoms with Gasteiger partial charge in [0, 0.05) is 13.2 Å². The summed E-state index contributed by atoms with van der Waals surface area (Å²) in [5, 5.41) is 0. The van der Waals surface area contributed by atoms with Crippen LogP contribution in [-0.4, -0.2) is 30.2 Å². The molecule has 0 amide bonds. The van der Waals surface area contributed by atoms with Gasteiger partial charge in [0.2, 0.25) is 0 Å². The zero-order valence-corrected chi connectivity index (χ0v) is 15.0. The van der Waals surface area contributed by atoms with E-state index >= 15 is 0 Å². The Bertz CT molecular complexity index is 723. The summed E-state index contributed by atoms with van der Waals surface area (Å²) in [5.41, 5.74) is -0.456. The third kappa shape index (κ3) is 4.77. The monoisotopic (exact) mass is 369 g/mol. The second-order valence-corrected chi connectivity index (χ2v) is 5.55. The van der Waals surface area contributed by atoms with Crippen LogP contribution in [0, 0.1) is 0 Å². The molecule has 0 aliphatic heterocycles. The van der Waals surface area contributed by atoms with E-state index in [0.717, 1.165) is 19.0 Å². The van der Waals surface area contributed by atoms with Crippen molar-refractivity contribution in [2.24, 2.45) is 0 Å². The molecule has 0 atom stereocenters. The zero-order chi connectivity index (χ0) is 19.2. The molecule has 2 rings (SSSR count). The van der Waals surface area contributed by atoms with Crippen LogP contribution in [0.25, 0.3) is 0 Å². The maximum Gasteiger partial charge on any atom is 0.421 e. The van der Waals surface area contributed by atoms with E-state index in [1.807, 2.05) is 6.92 Å². The number of benzene rings is 1. The van der Waals surface area contributed by atoms with E-state index in [9.17, 15) is 13.2 Å². The van der Waals surface area contributed by atoms with Crippen molar-refractivity contribution in [3.63, 3.8) is 0 Å². The molecule has 0 radical (unpaired) electrons. The molecule has 2 aromatic rings. The summed E-state index contributed by atoms with van der Waals surface area (Å²) in [7, 11) is 1.51. The number of aromatic nitrogens is 2. The van der Waals surface area contributed by atoms with Gasteiger partial charge >= 0.3 is 12.2 Å². The molecule has 142 valence electrons. The lowest BCUT2D eigenvalue weighted by Gasteiger charge is -2.24. The van der Waals surface area contributed by atoms with Crippen LogP contribution >= 0.6 is 0 Å². The van der Waals surface area contributed by atoms with Crippen molar-refractivity contribution < 1.29 is 22.6 Å².